The first kappa shape index (κ1) is 24.3. The predicted molar refractivity (Wildman–Crippen MR) is 131 cm³/mol. The zero-order valence-corrected chi connectivity index (χ0v) is 19.2. The smallest absolute Gasteiger partial charge is 0.119 e. The quantitative estimate of drug-likeness (QED) is 0.497. The third-order valence-corrected chi connectivity index (χ3v) is 6.08. The second-order valence-electron chi connectivity index (χ2n) is 8.15. The molecule has 0 aromatic heterocycles. The number of aliphatic hydroxyl groups is 1. The molecule has 4 rings (SSSR count). The molecule has 2 N–H and O–H groups in total. The Labute approximate surface area is 197 Å². The first-order valence-electron chi connectivity index (χ1n) is 11.0. The Morgan fingerprint density at radius 3 is 2.09 bits per heavy atom. The van der Waals surface area contributed by atoms with Crippen molar-refractivity contribution in [2.45, 2.75) is 37.0 Å². The van der Waals surface area contributed by atoms with Crippen LogP contribution in [0.2, 0.25) is 0 Å². The fourth-order valence-corrected chi connectivity index (χ4v) is 4.38. The van der Waals surface area contributed by atoms with Crippen LogP contribution in [0, 0.1) is 0 Å². The minimum Gasteiger partial charge on any atom is -0.497 e. The molecule has 0 spiro atoms. The van der Waals surface area contributed by atoms with E-state index < -0.39 is 6.10 Å². The van der Waals surface area contributed by atoms with Gasteiger partial charge in [-0.2, -0.15) is 0 Å². The highest BCUT2D eigenvalue weighted by molar-refractivity contribution is 5.85. The summed E-state index contributed by atoms with van der Waals surface area (Å²) in [5, 5.41) is 14.0. The van der Waals surface area contributed by atoms with Crippen LogP contribution in [0.1, 0.15) is 41.6 Å². The van der Waals surface area contributed by atoms with Crippen LogP contribution in [-0.2, 0) is 4.74 Å². The summed E-state index contributed by atoms with van der Waals surface area (Å²) in [4.78, 5) is 0. The van der Waals surface area contributed by atoms with E-state index in [-0.39, 0.29) is 30.5 Å². The highest BCUT2D eigenvalue weighted by Crippen LogP contribution is 2.34. The number of hydrogen-bond donors (Lipinski definition) is 2. The molecule has 4 nitrogen and oxygen atoms in total. The number of ether oxygens (including phenoxy) is 2. The highest BCUT2D eigenvalue weighted by atomic mass is 35.5. The van der Waals surface area contributed by atoms with Gasteiger partial charge in [0.25, 0.3) is 0 Å². The minimum absolute atomic E-state index is 0. The molecule has 3 atom stereocenters. The lowest BCUT2D eigenvalue weighted by Crippen LogP contribution is -2.43. The van der Waals surface area contributed by atoms with Crippen molar-refractivity contribution in [3.05, 3.63) is 102 Å². The summed E-state index contributed by atoms with van der Waals surface area (Å²) >= 11 is 0. The summed E-state index contributed by atoms with van der Waals surface area (Å²) in [5.74, 6) is 0.985. The van der Waals surface area contributed by atoms with Gasteiger partial charge in [-0.1, -0.05) is 72.8 Å². The van der Waals surface area contributed by atoms with Crippen molar-refractivity contribution in [2.75, 3.05) is 20.3 Å². The van der Waals surface area contributed by atoms with Crippen LogP contribution in [0.25, 0.3) is 0 Å². The first-order chi connectivity index (χ1) is 15.2. The number of methoxy groups -OCH3 is 1. The first-order valence-corrected chi connectivity index (χ1v) is 11.0. The van der Waals surface area contributed by atoms with Crippen molar-refractivity contribution in [3.63, 3.8) is 0 Å². The third kappa shape index (κ3) is 6.11. The SMILES string of the molecule is COc1cccc([C@@H](O)CN[C@H]2CC[C@@H](C(c3ccccc3)c3ccccc3)OC2)c1.Cl. The van der Waals surface area contributed by atoms with Gasteiger partial charge in [-0.3, -0.25) is 0 Å². The average molecular weight is 454 g/mol. The molecule has 0 bridgehead atoms. The standard InChI is InChI=1S/C27H31NO3.ClH/c1-30-24-14-8-13-22(17-24)25(29)18-28-23-15-16-26(31-19-23)27(20-9-4-2-5-10-20)21-11-6-3-7-12-21;/h2-14,17,23,25-29H,15-16,18-19H2,1H3;1H/t23-,25-,26-;/m0./s1. The highest BCUT2D eigenvalue weighted by Gasteiger charge is 2.30. The lowest BCUT2D eigenvalue weighted by atomic mass is 9.83. The predicted octanol–water partition coefficient (Wildman–Crippen LogP) is 5.12. The number of aliphatic hydroxyl groups excluding tert-OH is 1. The molecule has 32 heavy (non-hydrogen) atoms. The maximum Gasteiger partial charge on any atom is 0.119 e. The van der Waals surface area contributed by atoms with Gasteiger partial charge in [0.15, 0.2) is 0 Å². The van der Waals surface area contributed by atoms with Gasteiger partial charge >= 0.3 is 0 Å². The molecule has 3 aromatic rings. The molecule has 0 aliphatic carbocycles. The molecule has 0 radical (unpaired) electrons. The second-order valence-corrected chi connectivity index (χ2v) is 8.15. The number of hydrogen-bond acceptors (Lipinski definition) is 4. The molecule has 1 heterocycles. The van der Waals surface area contributed by atoms with Crippen molar-refractivity contribution in [1.82, 2.24) is 5.32 Å². The molecule has 5 heteroatoms. The van der Waals surface area contributed by atoms with Crippen molar-refractivity contribution in [3.8, 4) is 5.75 Å². The van der Waals surface area contributed by atoms with Crippen LogP contribution in [-0.4, -0.2) is 37.5 Å². The molecule has 3 aromatic carbocycles. The largest absolute Gasteiger partial charge is 0.497 e. The summed E-state index contributed by atoms with van der Waals surface area (Å²) in [5.41, 5.74) is 3.44. The Bertz CT molecular complexity index is 890. The Hall–Kier alpha value is -2.37. The molecule has 170 valence electrons. The van der Waals surface area contributed by atoms with E-state index in [9.17, 15) is 5.11 Å². The molecule has 0 amide bonds. The number of nitrogens with one attached hydrogen (secondary N) is 1. The van der Waals surface area contributed by atoms with Gasteiger partial charge in [0.1, 0.15) is 5.75 Å². The van der Waals surface area contributed by atoms with Crippen molar-refractivity contribution >= 4 is 12.4 Å². The molecule has 1 fully saturated rings. The van der Waals surface area contributed by atoms with E-state index in [1.165, 1.54) is 11.1 Å². The Morgan fingerprint density at radius 2 is 1.53 bits per heavy atom. The van der Waals surface area contributed by atoms with E-state index in [0.717, 1.165) is 24.2 Å². The summed E-state index contributed by atoms with van der Waals surface area (Å²) in [7, 11) is 1.64. The van der Waals surface area contributed by atoms with Gasteiger partial charge in [-0.15, -0.1) is 12.4 Å². The van der Waals surface area contributed by atoms with E-state index in [4.69, 9.17) is 9.47 Å². The summed E-state index contributed by atoms with van der Waals surface area (Å²) < 4.78 is 11.6. The lowest BCUT2D eigenvalue weighted by molar-refractivity contribution is -0.0134. The van der Waals surface area contributed by atoms with Gasteiger partial charge in [0, 0.05) is 18.5 Å². The van der Waals surface area contributed by atoms with Crippen molar-refractivity contribution in [1.29, 1.82) is 0 Å². The molecule has 0 saturated carbocycles. The monoisotopic (exact) mass is 453 g/mol. The zero-order valence-electron chi connectivity index (χ0n) is 18.4. The average Bonchev–Trinajstić information content (AvgIpc) is 2.85. The lowest BCUT2D eigenvalue weighted by Gasteiger charge is -2.35. The number of benzene rings is 3. The van der Waals surface area contributed by atoms with Gasteiger partial charge in [0.05, 0.1) is 25.9 Å². The summed E-state index contributed by atoms with van der Waals surface area (Å²) in [6.45, 7) is 1.14. The van der Waals surface area contributed by atoms with Crippen LogP contribution in [0.15, 0.2) is 84.9 Å². The van der Waals surface area contributed by atoms with E-state index in [1.807, 2.05) is 24.3 Å². The van der Waals surface area contributed by atoms with E-state index >= 15 is 0 Å². The Balaban J connectivity index is 0.00000289. The minimum atomic E-state index is -0.575. The normalized spacial score (nSPS) is 19.2. The van der Waals surface area contributed by atoms with Crippen LogP contribution in [0.5, 0.6) is 5.75 Å². The Morgan fingerprint density at radius 1 is 0.906 bits per heavy atom. The number of halogens is 1. The van der Waals surface area contributed by atoms with Gasteiger partial charge in [-0.25, -0.2) is 0 Å². The summed E-state index contributed by atoms with van der Waals surface area (Å²) in [6.07, 6.45) is 1.56. The number of rotatable bonds is 8. The fraction of sp³-hybridized carbons (Fsp3) is 0.333. The zero-order chi connectivity index (χ0) is 21.5. The second kappa shape index (κ2) is 12.0. The van der Waals surface area contributed by atoms with Crippen molar-refractivity contribution in [2.24, 2.45) is 0 Å². The molecule has 1 aliphatic heterocycles. The van der Waals surface area contributed by atoms with Crippen LogP contribution < -0.4 is 10.1 Å². The maximum atomic E-state index is 10.5. The van der Waals surface area contributed by atoms with Crippen LogP contribution in [0.3, 0.4) is 0 Å². The molecule has 1 aliphatic rings. The fourth-order valence-electron chi connectivity index (χ4n) is 4.38. The topological polar surface area (TPSA) is 50.7 Å². The van der Waals surface area contributed by atoms with E-state index in [0.29, 0.717) is 13.2 Å². The van der Waals surface area contributed by atoms with E-state index in [1.54, 1.807) is 7.11 Å². The van der Waals surface area contributed by atoms with Gasteiger partial charge < -0.3 is 19.9 Å². The van der Waals surface area contributed by atoms with Crippen LogP contribution in [0.4, 0.5) is 0 Å². The van der Waals surface area contributed by atoms with Gasteiger partial charge in [-0.05, 0) is 41.7 Å². The molecule has 1 saturated heterocycles. The van der Waals surface area contributed by atoms with Crippen LogP contribution >= 0.6 is 12.4 Å². The third-order valence-electron chi connectivity index (χ3n) is 6.08. The molecular weight excluding hydrogens is 422 g/mol. The van der Waals surface area contributed by atoms with Crippen molar-refractivity contribution < 1.29 is 14.6 Å². The summed E-state index contributed by atoms with van der Waals surface area (Å²) in [6, 6.07) is 29.1. The Kier molecular flexibility index (Phi) is 9.12. The maximum absolute atomic E-state index is 10.5. The molecule has 0 unspecified atom stereocenters. The molecular formula is C27H32ClNO3. The van der Waals surface area contributed by atoms with Gasteiger partial charge in [0.2, 0.25) is 0 Å². The van der Waals surface area contributed by atoms with E-state index in [2.05, 4.69) is 66.0 Å².